The first kappa shape index (κ1) is 21.7. The highest BCUT2D eigenvalue weighted by Crippen LogP contribution is 2.27. The monoisotopic (exact) mass is 418 g/mol. The van der Waals surface area contributed by atoms with E-state index in [1.807, 2.05) is 60.7 Å². The molecule has 0 saturated carbocycles. The lowest BCUT2D eigenvalue weighted by molar-refractivity contribution is -0.384. The van der Waals surface area contributed by atoms with Crippen LogP contribution < -0.4 is 5.32 Å². The first-order chi connectivity index (χ1) is 14.9. The number of hydrogen-bond donors (Lipinski definition) is 2. The number of benzene rings is 3. The molecule has 158 valence electrons. The number of non-ortho nitro benzene ring substituents is 1. The molecule has 0 bridgehead atoms. The summed E-state index contributed by atoms with van der Waals surface area (Å²) in [5.41, 5.74) is 2.44. The number of nitro groups is 1. The Balaban J connectivity index is 1.73. The molecule has 1 amide bonds. The largest absolute Gasteiger partial charge is 0.480 e. The molecule has 3 rings (SSSR count). The number of carboxylic acid groups (broad SMARTS) is 1. The van der Waals surface area contributed by atoms with Gasteiger partial charge in [-0.1, -0.05) is 72.8 Å². The Hall–Kier alpha value is -4.00. The third-order valence-electron chi connectivity index (χ3n) is 5.01. The van der Waals surface area contributed by atoms with Crippen molar-refractivity contribution >= 4 is 17.6 Å². The zero-order chi connectivity index (χ0) is 22.2. The highest BCUT2D eigenvalue weighted by atomic mass is 16.6. The van der Waals surface area contributed by atoms with Crippen LogP contribution in [-0.4, -0.2) is 27.9 Å². The number of rotatable bonds is 9. The van der Waals surface area contributed by atoms with Gasteiger partial charge in [0, 0.05) is 30.9 Å². The van der Waals surface area contributed by atoms with E-state index >= 15 is 0 Å². The Kier molecular flexibility index (Phi) is 7.11. The van der Waals surface area contributed by atoms with Crippen molar-refractivity contribution < 1.29 is 19.6 Å². The van der Waals surface area contributed by atoms with Crippen molar-refractivity contribution in [2.75, 3.05) is 0 Å². The summed E-state index contributed by atoms with van der Waals surface area (Å²) >= 11 is 0. The lowest BCUT2D eigenvalue weighted by atomic mass is 9.88. The first-order valence-electron chi connectivity index (χ1n) is 9.79. The van der Waals surface area contributed by atoms with Crippen molar-refractivity contribution in [3.8, 4) is 0 Å². The van der Waals surface area contributed by atoms with E-state index in [2.05, 4.69) is 5.32 Å². The van der Waals surface area contributed by atoms with E-state index in [-0.39, 0.29) is 30.4 Å². The Morgan fingerprint density at radius 1 is 0.871 bits per heavy atom. The molecule has 7 heteroatoms. The van der Waals surface area contributed by atoms with Gasteiger partial charge in [-0.05, 0) is 16.7 Å². The molecule has 0 fully saturated rings. The summed E-state index contributed by atoms with van der Waals surface area (Å²) in [6, 6.07) is 23.7. The van der Waals surface area contributed by atoms with Crippen molar-refractivity contribution in [2.45, 2.75) is 24.8 Å². The van der Waals surface area contributed by atoms with E-state index in [4.69, 9.17) is 0 Å². The van der Waals surface area contributed by atoms with Crippen LogP contribution in [-0.2, 0) is 16.0 Å². The summed E-state index contributed by atoms with van der Waals surface area (Å²) in [5.74, 6) is -1.76. The summed E-state index contributed by atoms with van der Waals surface area (Å²) in [5, 5.41) is 23.0. The molecule has 0 radical (unpaired) electrons. The second kappa shape index (κ2) is 10.2. The van der Waals surface area contributed by atoms with Gasteiger partial charge in [-0.3, -0.25) is 14.9 Å². The van der Waals surface area contributed by atoms with Gasteiger partial charge < -0.3 is 10.4 Å². The minimum absolute atomic E-state index is 0.0282. The number of nitrogens with zero attached hydrogens (tertiary/aromatic N) is 1. The van der Waals surface area contributed by atoms with Crippen LogP contribution in [0.1, 0.15) is 29.0 Å². The third kappa shape index (κ3) is 5.99. The van der Waals surface area contributed by atoms with E-state index < -0.39 is 16.9 Å². The maximum atomic E-state index is 12.8. The van der Waals surface area contributed by atoms with E-state index in [1.165, 1.54) is 24.3 Å². The van der Waals surface area contributed by atoms with Gasteiger partial charge in [-0.15, -0.1) is 0 Å². The van der Waals surface area contributed by atoms with Crippen LogP contribution in [0, 0.1) is 10.1 Å². The van der Waals surface area contributed by atoms with Gasteiger partial charge in [0.2, 0.25) is 5.91 Å². The highest BCUT2D eigenvalue weighted by Gasteiger charge is 2.24. The molecule has 0 heterocycles. The minimum atomic E-state index is -1.16. The third-order valence-corrected chi connectivity index (χ3v) is 5.01. The number of nitro benzene ring substituents is 1. The number of nitrogens with one attached hydrogen (secondary N) is 1. The van der Waals surface area contributed by atoms with E-state index in [0.717, 1.165) is 11.1 Å². The minimum Gasteiger partial charge on any atom is -0.480 e. The fourth-order valence-corrected chi connectivity index (χ4v) is 3.43. The van der Waals surface area contributed by atoms with Crippen LogP contribution in [0.2, 0.25) is 0 Å². The van der Waals surface area contributed by atoms with Crippen molar-refractivity contribution in [1.29, 1.82) is 0 Å². The van der Waals surface area contributed by atoms with Gasteiger partial charge >= 0.3 is 5.97 Å². The topological polar surface area (TPSA) is 110 Å². The quantitative estimate of drug-likeness (QED) is 0.404. The summed E-state index contributed by atoms with van der Waals surface area (Å²) < 4.78 is 0. The predicted octanol–water partition coefficient (Wildman–Crippen LogP) is 3.93. The lowest BCUT2D eigenvalue weighted by Crippen LogP contribution is -2.42. The fourth-order valence-electron chi connectivity index (χ4n) is 3.43. The van der Waals surface area contributed by atoms with Gasteiger partial charge in [0.25, 0.3) is 5.69 Å². The number of aliphatic carboxylic acids is 1. The average molecular weight is 418 g/mol. The second-order valence-electron chi connectivity index (χ2n) is 7.16. The normalized spacial score (nSPS) is 11.6. The van der Waals surface area contributed by atoms with Gasteiger partial charge in [-0.2, -0.15) is 0 Å². The average Bonchev–Trinajstić information content (AvgIpc) is 2.78. The first-order valence-corrected chi connectivity index (χ1v) is 9.79. The van der Waals surface area contributed by atoms with Crippen LogP contribution in [0.15, 0.2) is 84.9 Å². The standard InChI is InChI=1S/C24H22N2O5/c27-23(16-21(18-7-3-1-4-8-18)19-9-5-2-6-10-19)25-22(24(28)29)15-17-11-13-20(14-12-17)26(30)31/h1-14,21-22H,15-16H2,(H,25,27)(H,28,29)/t22-/m0/s1. The molecule has 0 unspecified atom stereocenters. The summed E-state index contributed by atoms with van der Waals surface area (Å²) in [6.07, 6.45) is 0.123. The molecule has 0 saturated heterocycles. The maximum absolute atomic E-state index is 12.8. The number of carbonyl (C=O) groups is 2. The van der Waals surface area contributed by atoms with Gasteiger partial charge in [-0.25, -0.2) is 4.79 Å². The van der Waals surface area contributed by atoms with E-state index in [0.29, 0.717) is 5.56 Å². The summed E-state index contributed by atoms with van der Waals surface area (Å²) in [7, 11) is 0. The van der Waals surface area contributed by atoms with Crippen molar-refractivity contribution in [1.82, 2.24) is 5.32 Å². The molecular formula is C24H22N2O5. The van der Waals surface area contributed by atoms with Gasteiger partial charge in [0.15, 0.2) is 0 Å². The van der Waals surface area contributed by atoms with Gasteiger partial charge in [0.05, 0.1) is 4.92 Å². The molecule has 0 spiro atoms. The molecular weight excluding hydrogens is 396 g/mol. The molecule has 0 aliphatic carbocycles. The molecule has 3 aromatic carbocycles. The molecule has 0 aliphatic heterocycles. The fraction of sp³-hybridized carbons (Fsp3) is 0.167. The maximum Gasteiger partial charge on any atom is 0.326 e. The molecule has 0 aromatic heterocycles. The molecule has 2 N–H and O–H groups in total. The van der Waals surface area contributed by atoms with Crippen LogP contribution in [0.25, 0.3) is 0 Å². The Morgan fingerprint density at radius 3 is 1.84 bits per heavy atom. The highest BCUT2D eigenvalue weighted by molar-refractivity contribution is 5.84. The molecule has 31 heavy (non-hydrogen) atoms. The number of amides is 1. The Labute approximate surface area is 179 Å². The lowest BCUT2D eigenvalue weighted by Gasteiger charge is -2.20. The second-order valence-corrected chi connectivity index (χ2v) is 7.16. The van der Waals surface area contributed by atoms with Crippen LogP contribution >= 0.6 is 0 Å². The van der Waals surface area contributed by atoms with Crippen LogP contribution in [0.5, 0.6) is 0 Å². The molecule has 3 aromatic rings. The van der Waals surface area contributed by atoms with Crippen LogP contribution in [0.3, 0.4) is 0 Å². The smallest absolute Gasteiger partial charge is 0.326 e. The molecule has 7 nitrogen and oxygen atoms in total. The zero-order valence-electron chi connectivity index (χ0n) is 16.7. The van der Waals surface area contributed by atoms with E-state index in [1.54, 1.807) is 0 Å². The summed E-state index contributed by atoms with van der Waals surface area (Å²) in [4.78, 5) is 34.8. The zero-order valence-corrected chi connectivity index (χ0v) is 16.7. The predicted molar refractivity (Wildman–Crippen MR) is 116 cm³/mol. The Bertz CT molecular complexity index is 997. The Morgan fingerprint density at radius 2 is 1.39 bits per heavy atom. The summed E-state index contributed by atoms with van der Waals surface area (Å²) in [6.45, 7) is 0. The van der Waals surface area contributed by atoms with Crippen LogP contribution in [0.4, 0.5) is 5.69 Å². The number of carbonyl (C=O) groups excluding carboxylic acids is 1. The molecule has 1 atom stereocenters. The van der Waals surface area contributed by atoms with Gasteiger partial charge in [0.1, 0.15) is 6.04 Å². The molecule has 0 aliphatic rings. The van der Waals surface area contributed by atoms with E-state index in [9.17, 15) is 24.8 Å². The van der Waals surface area contributed by atoms with Crippen molar-refractivity contribution in [3.05, 3.63) is 112 Å². The van der Waals surface area contributed by atoms with Crippen molar-refractivity contribution in [3.63, 3.8) is 0 Å². The number of hydrogen-bond acceptors (Lipinski definition) is 4. The number of carboxylic acids is 1. The van der Waals surface area contributed by atoms with Crippen molar-refractivity contribution in [2.24, 2.45) is 0 Å². The SMILES string of the molecule is O=C(CC(c1ccccc1)c1ccccc1)N[C@@H](Cc1ccc([N+](=O)[O-])cc1)C(=O)O.